The molecule has 0 N–H and O–H groups in total. The van der Waals surface area contributed by atoms with Gasteiger partial charge in [0.25, 0.3) is 0 Å². The van der Waals surface area contributed by atoms with Crippen LogP contribution in [0.2, 0.25) is 5.02 Å². The van der Waals surface area contributed by atoms with E-state index in [1.807, 2.05) is 6.07 Å². The van der Waals surface area contributed by atoms with E-state index in [0.29, 0.717) is 6.42 Å². The lowest BCUT2D eigenvalue weighted by molar-refractivity contribution is 0.332. The molecule has 1 heterocycles. The standard InChI is InChI=1S/C14H15ClN2O4S2/c15-14-7-13(4-1-10(14)8-16)23(20,21)17(11-2-3-11)12-5-6-22(18,19)9-12/h1,4,7,11-12H,2-3,5-6,9H2. The summed E-state index contributed by atoms with van der Waals surface area (Å²) in [7, 11) is -7.03. The maximum atomic E-state index is 13.0. The van der Waals surface area contributed by atoms with E-state index in [1.165, 1.54) is 22.5 Å². The van der Waals surface area contributed by atoms with Gasteiger partial charge in [-0.2, -0.15) is 9.57 Å². The van der Waals surface area contributed by atoms with Crippen LogP contribution in [0, 0.1) is 11.3 Å². The van der Waals surface area contributed by atoms with Gasteiger partial charge in [-0.15, -0.1) is 0 Å². The molecular formula is C14H15ClN2O4S2. The first-order valence-electron chi connectivity index (χ1n) is 7.18. The van der Waals surface area contributed by atoms with E-state index in [9.17, 15) is 16.8 Å². The van der Waals surface area contributed by atoms with Gasteiger partial charge in [-0.1, -0.05) is 11.6 Å². The average molecular weight is 375 g/mol. The van der Waals surface area contributed by atoms with Crippen molar-refractivity contribution in [3.63, 3.8) is 0 Å². The number of halogens is 1. The first-order chi connectivity index (χ1) is 10.7. The molecule has 1 saturated carbocycles. The monoisotopic (exact) mass is 374 g/mol. The summed E-state index contributed by atoms with van der Waals surface area (Å²) in [4.78, 5) is -0.00213. The summed E-state index contributed by atoms with van der Waals surface area (Å²) in [5.41, 5.74) is 0.201. The number of benzene rings is 1. The lowest BCUT2D eigenvalue weighted by Gasteiger charge is -2.27. The molecule has 0 spiro atoms. The third-order valence-corrected chi connectivity index (χ3v) is 8.18. The fourth-order valence-electron chi connectivity index (χ4n) is 2.86. The molecule has 1 saturated heterocycles. The fourth-order valence-corrected chi connectivity index (χ4v) is 6.88. The molecule has 0 aromatic heterocycles. The van der Waals surface area contributed by atoms with Crippen molar-refractivity contribution >= 4 is 31.5 Å². The van der Waals surface area contributed by atoms with Crippen LogP contribution in [0.15, 0.2) is 23.1 Å². The number of nitriles is 1. The van der Waals surface area contributed by atoms with Gasteiger partial charge in [0.15, 0.2) is 9.84 Å². The van der Waals surface area contributed by atoms with Crippen molar-refractivity contribution in [2.45, 2.75) is 36.2 Å². The number of sulfonamides is 1. The maximum Gasteiger partial charge on any atom is 0.243 e. The number of sulfone groups is 1. The highest BCUT2D eigenvalue weighted by molar-refractivity contribution is 7.92. The van der Waals surface area contributed by atoms with Crippen molar-refractivity contribution in [2.24, 2.45) is 0 Å². The predicted octanol–water partition coefficient (Wildman–Crippen LogP) is 1.55. The van der Waals surface area contributed by atoms with Crippen LogP contribution in [0.25, 0.3) is 0 Å². The highest BCUT2D eigenvalue weighted by Crippen LogP contribution is 2.37. The van der Waals surface area contributed by atoms with Crippen LogP contribution in [0.3, 0.4) is 0 Å². The first-order valence-corrected chi connectivity index (χ1v) is 10.8. The Balaban J connectivity index is 1.99. The van der Waals surface area contributed by atoms with Crippen LogP contribution in [0.5, 0.6) is 0 Å². The summed E-state index contributed by atoms with van der Waals surface area (Å²) in [6.45, 7) is 0. The van der Waals surface area contributed by atoms with Gasteiger partial charge < -0.3 is 0 Å². The second-order valence-corrected chi connectivity index (χ2v) is 10.4. The molecule has 2 aliphatic rings. The van der Waals surface area contributed by atoms with Gasteiger partial charge in [-0.25, -0.2) is 16.8 Å². The van der Waals surface area contributed by atoms with E-state index in [4.69, 9.17) is 16.9 Å². The Kier molecular flexibility index (Phi) is 4.17. The Morgan fingerprint density at radius 2 is 1.91 bits per heavy atom. The van der Waals surface area contributed by atoms with Crippen LogP contribution in [-0.2, 0) is 19.9 Å². The van der Waals surface area contributed by atoms with Crippen LogP contribution >= 0.6 is 11.6 Å². The van der Waals surface area contributed by atoms with E-state index in [0.717, 1.165) is 12.8 Å². The molecule has 0 bridgehead atoms. The minimum absolute atomic E-state index is 0.00213. The van der Waals surface area contributed by atoms with Gasteiger partial charge in [0.2, 0.25) is 10.0 Å². The Morgan fingerprint density at radius 1 is 1.22 bits per heavy atom. The van der Waals surface area contributed by atoms with Crippen molar-refractivity contribution in [2.75, 3.05) is 11.5 Å². The third kappa shape index (κ3) is 3.24. The van der Waals surface area contributed by atoms with Crippen LogP contribution < -0.4 is 0 Å². The summed E-state index contributed by atoms with van der Waals surface area (Å²) >= 11 is 5.94. The molecule has 9 heteroatoms. The SMILES string of the molecule is N#Cc1ccc(S(=O)(=O)N(C2CC2)C2CCS(=O)(=O)C2)cc1Cl. The van der Waals surface area contributed by atoms with E-state index in [2.05, 4.69) is 0 Å². The molecule has 1 aliphatic carbocycles. The molecule has 0 radical (unpaired) electrons. The Labute approximate surface area is 140 Å². The van der Waals surface area contributed by atoms with Crippen molar-refractivity contribution in [1.82, 2.24) is 4.31 Å². The summed E-state index contributed by atoms with van der Waals surface area (Å²) in [5, 5.41) is 8.96. The molecule has 3 rings (SSSR count). The summed E-state index contributed by atoms with van der Waals surface area (Å²) in [6.07, 6.45) is 1.79. The molecule has 1 aromatic carbocycles. The van der Waals surface area contributed by atoms with Crippen LogP contribution in [-0.4, -0.2) is 44.7 Å². The average Bonchev–Trinajstić information content (AvgIpc) is 3.22. The largest absolute Gasteiger partial charge is 0.243 e. The quantitative estimate of drug-likeness (QED) is 0.796. The van der Waals surface area contributed by atoms with Crippen LogP contribution in [0.1, 0.15) is 24.8 Å². The van der Waals surface area contributed by atoms with E-state index >= 15 is 0 Å². The van der Waals surface area contributed by atoms with E-state index < -0.39 is 25.9 Å². The summed E-state index contributed by atoms with van der Waals surface area (Å²) < 4.78 is 50.7. The maximum absolute atomic E-state index is 13.0. The van der Waals surface area contributed by atoms with Crippen LogP contribution in [0.4, 0.5) is 0 Å². The number of hydrogen-bond acceptors (Lipinski definition) is 5. The van der Waals surface area contributed by atoms with Crippen molar-refractivity contribution < 1.29 is 16.8 Å². The number of rotatable bonds is 4. The molecule has 2 fully saturated rings. The lowest BCUT2D eigenvalue weighted by Crippen LogP contribution is -2.42. The van der Waals surface area contributed by atoms with Crippen molar-refractivity contribution in [3.8, 4) is 6.07 Å². The van der Waals surface area contributed by atoms with E-state index in [-0.39, 0.29) is 33.0 Å². The molecule has 1 atom stereocenters. The smallest absolute Gasteiger partial charge is 0.229 e. The zero-order valence-electron chi connectivity index (χ0n) is 12.1. The number of hydrogen-bond donors (Lipinski definition) is 0. The normalized spacial score (nSPS) is 23.8. The van der Waals surface area contributed by atoms with Gasteiger partial charge in [0.1, 0.15) is 6.07 Å². The molecule has 124 valence electrons. The second kappa shape index (κ2) is 5.74. The van der Waals surface area contributed by atoms with Crippen molar-refractivity contribution in [1.29, 1.82) is 5.26 Å². The first kappa shape index (κ1) is 16.7. The number of nitrogens with zero attached hydrogens (tertiary/aromatic N) is 2. The molecule has 0 amide bonds. The summed E-state index contributed by atoms with van der Waals surface area (Å²) in [5.74, 6) is -0.114. The third-order valence-electron chi connectivity index (χ3n) is 4.11. The Morgan fingerprint density at radius 3 is 2.39 bits per heavy atom. The second-order valence-electron chi connectivity index (χ2n) is 5.88. The minimum Gasteiger partial charge on any atom is -0.229 e. The lowest BCUT2D eigenvalue weighted by atomic mass is 10.2. The van der Waals surface area contributed by atoms with Gasteiger partial charge in [0.05, 0.1) is 27.0 Å². The topological polar surface area (TPSA) is 95.3 Å². The highest BCUT2D eigenvalue weighted by Gasteiger charge is 2.46. The van der Waals surface area contributed by atoms with Crippen molar-refractivity contribution in [3.05, 3.63) is 28.8 Å². The summed E-state index contributed by atoms with van der Waals surface area (Å²) in [6, 6.07) is 5.19. The molecule has 1 unspecified atom stereocenters. The molecule has 23 heavy (non-hydrogen) atoms. The van der Waals surface area contributed by atoms with Gasteiger partial charge in [0, 0.05) is 12.1 Å². The molecule has 6 nitrogen and oxygen atoms in total. The highest BCUT2D eigenvalue weighted by atomic mass is 35.5. The fraction of sp³-hybridized carbons (Fsp3) is 0.500. The van der Waals surface area contributed by atoms with Gasteiger partial charge >= 0.3 is 0 Å². The molecule has 1 aliphatic heterocycles. The Bertz CT molecular complexity index is 886. The van der Waals surface area contributed by atoms with Gasteiger partial charge in [-0.3, -0.25) is 0 Å². The predicted molar refractivity (Wildman–Crippen MR) is 85.3 cm³/mol. The minimum atomic E-state index is -3.84. The molecular weight excluding hydrogens is 360 g/mol. The zero-order valence-corrected chi connectivity index (χ0v) is 14.5. The van der Waals surface area contributed by atoms with Gasteiger partial charge in [-0.05, 0) is 37.5 Å². The molecule has 1 aromatic rings. The zero-order chi connectivity index (χ0) is 16.8. The Hall–Kier alpha value is -1.14. The van der Waals surface area contributed by atoms with E-state index in [1.54, 1.807) is 0 Å².